The summed E-state index contributed by atoms with van der Waals surface area (Å²) in [7, 11) is 0. The Balaban J connectivity index is 1.45. The number of nitrogens with zero attached hydrogens (tertiary/aromatic N) is 3. The van der Waals surface area contributed by atoms with Gasteiger partial charge in [-0.15, -0.1) is 0 Å². The van der Waals surface area contributed by atoms with Crippen LogP contribution in [0.15, 0.2) is 35.4 Å². The van der Waals surface area contributed by atoms with Crippen molar-refractivity contribution >= 4 is 12.0 Å². The lowest BCUT2D eigenvalue weighted by atomic mass is 9.93. The first kappa shape index (κ1) is 20.8. The van der Waals surface area contributed by atoms with Crippen molar-refractivity contribution in [3.8, 4) is 11.3 Å². The van der Waals surface area contributed by atoms with Gasteiger partial charge in [0.2, 0.25) is 5.91 Å². The lowest BCUT2D eigenvalue weighted by molar-refractivity contribution is -0.122. The van der Waals surface area contributed by atoms with E-state index in [1.165, 1.54) is 0 Å². The Morgan fingerprint density at radius 1 is 1.24 bits per heavy atom. The Morgan fingerprint density at radius 2 is 1.97 bits per heavy atom. The summed E-state index contributed by atoms with van der Waals surface area (Å²) in [5, 5.41) is 2.94. The van der Waals surface area contributed by atoms with E-state index in [9.17, 15) is 9.59 Å². The topological polar surface area (TPSA) is 97.6 Å². The summed E-state index contributed by atoms with van der Waals surface area (Å²) in [6.45, 7) is 7.11. The average Bonchev–Trinajstić information content (AvgIpc) is 3.20. The van der Waals surface area contributed by atoms with Gasteiger partial charge in [-0.1, -0.05) is 0 Å². The maximum absolute atomic E-state index is 12.4. The fourth-order valence-electron chi connectivity index (χ4n) is 3.30. The second-order valence-electron chi connectivity index (χ2n) is 8.26. The van der Waals surface area contributed by atoms with Gasteiger partial charge in [0.05, 0.1) is 30.5 Å². The molecule has 0 saturated carbocycles. The number of likely N-dealkylation sites (tertiary alicyclic amines) is 1. The largest absolute Gasteiger partial charge is 0.472 e. The van der Waals surface area contributed by atoms with E-state index in [0.717, 1.165) is 18.4 Å². The second kappa shape index (κ2) is 9.07. The summed E-state index contributed by atoms with van der Waals surface area (Å²) in [6, 6.07) is 1.81. The number of aromatic nitrogens is 2. The first-order chi connectivity index (χ1) is 13.8. The first-order valence-corrected chi connectivity index (χ1v) is 9.89. The van der Waals surface area contributed by atoms with Crippen LogP contribution in [-0.2, 0) is 16.1 Å². The van der Waals surface area contributed by atoms with Crippen molar-refractivity contribution in [2.75, 3.05) is 13.1 Å². The highest BCUT2D eigenvalue weighted by Crippen LogP contribution is 2.23. The van der Waals surface area contributed by atoms with Crippen LogP contribution in [0.1, 0.15) is 45.7 Å². The molecule has 2 aromatic heterocycles. The summed E-state index contributed by atoms with van der Waals surface area (Å²) in [4.78, 5) is 34.9. The summed E-state index contributed by atoms with van der Waals surface area (Å²) >= 11 is 0. The van der Waals surface area contributed by atoms with Gasteiger partial charge in [0, 0.05) is 37.5 Å². The van der Waals surface area contributed by atoms with Crippen LogP contribution in [0.4, 0.5) is 4.79 Å². The Morgan fingerprint density at radius 3 is 2.62 bits per heavy atom. The van der Waals surface area contributed by atoms with Crippen molar-refractivity contribution < 1.29 is 18.7 Å². The molecule has 3 rings (SSSR count). The molecule has 8 heteroatoms. The summed E-state index contributed by atoms with van der Waals surface area (Å²) < 4.78 is 10.5. The summed E-state index contributed by atoms with van der Waals surface area (Å²) in [6.07, 6.45) is 8.14. The van der Waals surface area contributed by atoms with Gasteiger partial charge in [-0.3, -0.25) is 14.8 Å². The van der Waals surface area contributed by atoms with E-state index < -0.39 is 5.60 Å². The number of nitrogens with one attached hydrogen (secondary N) is 1. The van der Waals surface area contributed by atoms with Gasteiger partial charge in [-0.25, -0.2) is 4.79 Å². The molecule has 0 radical (unpaired) electrons. The smallest absolute Gasteiger partial charge is 0.410 e. The number of hydrogen-bond acceptors (Lipinski definition) is 6. The van der Waals surface area contributed by atoms with Crippen LogP contribution in [0.2, 0.25) is 0 Å². The minimum absolute atomic E-state index is 0.0236. The Kier molecular flexibility index (Phi) is 6.51. The molecule has 1 aliphatic rings. The van der Waals surface area contributed by atoms with E-state index in [2.05, 4.69) is 15.3 Å². The van der Waals surface area contributed by atoms with Gasteiger partial charge < -0.3 is 19.4 Å². The van der Waals surface area contributed by atoms with Gasteiger partial charge in [-0.2, -0.15) is 0 Å². The SMILES string of the molecule is CC(C)(C)OC(=O)N1CCC(CC(=O)NCc2nccnc2-c2ccoc2)CC1. The molecule has 156 valence electrons. The van der Waals surface area contributed by atoms with E-state index >= 15 is 0 Å². The molecule has 0 spiro atoms. The summed E-state index contributed by atoms with van der Waals surface area (Å²) in [5.74, 6) is 0.230. The quantitative estimate of drug-likeness (QED) is 0.826. The molecule has 0 unspecified atom stereocenters. The van der Waals surface area contributed by atoms with Crippen molar-refractivity contribution in [2.45, 2.75) is 52.2 Å². The van der Waals surface area contributed by atoms with Crippen molar-refractivity contribution in [1.29, 1.82) is 0 Å². The third kappa shape index (κ3) is 6.04. The lowest BCUT2D eigenvalue weighted by Crippen LogP contribution is -2.42. The molecule has 0 aliphatic carbocycles. The van der Waals surface area contributed by atoms with Crippen LogP contribution in [0, 0.1) is 5.92 Å². The third-order valence-electron chi connectivity index (χ3n) is 4.76. The molecule has 8 nitrogen and oxygen atoms in total. The number of ether oxygens (including phenoxy) is 1. The molecular weight excluding hydrogens is 372 g/mol. The molecule has 0 aromatic carbocycles. The number of furan rings is 1. The molecule has 1 fully saturated rings. The molecule has 0 atom stereocenters. The molecule has 3 heterocycles. The Hall–Kier alpha value is -2.90. The lowest BCUT2D eigenvalue weighted by Gasteiger charge is -2.33. The third-order valence-corrected chi connectivity index (χ3v) is 4.76. The number of rotatable bonds is 5. The molecule has 1 saturated heterocycles. The molecule has 2 aromatic rings. The number of carbonyl (C=O) groups is 2. The van der Waals surface area contributed by atoms with Crippen molar-refractivity contribution in [2.24, 2.45) is 5.92 Å². The minimum Gasteiger partial charge on any atom is -0.472 e. The van der Waals surface area contributed by atoms with Crippen LogP contribution >= 0.6 is 0 Å². The molecule has 1 aliphatic heterocycles. The molecule has 1 N–H and O–H groups in total. The van der Waals surface area contributed by atoms with Gasteiger partial charge in [-0.05, 0) is 45.6 Å². The average molecular weight is 400 g/mol. The Bertz CT molecular complexity index is 821. The predicted molar refractivity (Wildman–Crippen MR) is 107 cm³/mol. The number of amides is 2. The predicted octanol–water partition coefficient (Wildman–Crippen LogP) is 3.39. The highest BCUT2D eigenvalue weighted by atomic mass is 16.6. The van der Waals surface area contributed by atoms with Gasteiger partial charge in [0.1, 0.15) is 5.60 Å². The van der Waals surface area contributed by atoms with Crippen LogP contribution in [-0.4, -0.2) is 45.6 Å². The standard InChI is InChI=1S/C21H28N4O4/c1-21(2,3)29-20(27)25-9-4-15(5-10-25)12-18(26)24-13-17-19(23-8-7-22-17)16-6-11-28-14-16/h6-8,11,14-15H,4-5,9-10,12-13H2,1-3H3,(H,24,26). The summed E-state index contributed by atoms with van der Waals surface area (Å²) in [5.41, 5.74) is 1.73. The minimum atomic E-state index is -0.497. The zero-order valence-corrected chi connectivity index (χ0v) is 17.2. The van der Waals surface area contributed by atoms with Crippen LogP contribution < -0.4 is 5.32 Å². The normalized spacial score (nSPS) is 15.2. The van der Waals surface area contributed by atoms with Crippen LogP contribution in [0.25, 0.3) is 11.3 Å². The fourth-order valence-corrected chi connectivity index (χ4v) is 3.30. The highest BCUT2D eigenvalue weighted by Gasteiger charge is 2.27. The molecule has 29 heavy (non-hydrogen) atoms. The van der Waals surface area contributed by atoms with Gasteiger partial charge in [0.25, 0.3) is 0 Å². The molecule has 0 bridgehead atoms. The number of carbonyl (C=O) groups excluding carboxylic acids is 2. The Labute approximate surface area is 170 Å². The van der Waals surface area contributed by atoms with Crippen molar-refractivity contribution in [3.63, 3.8) is 0 Å². The van der Waals surface area contributed by atoms with Gasteiger partial charge >= 0.3 is 6.09 Å². The van der Waals surface area contributed by atoms with E-state index in [4.69, 9.17) is 9.15 Å². The number of piperidine rings is 1. The number of hydrogen-bond donors (Lipinski definition) is 1. The fraction of sp³-hybridized carbons (Fsp3) is 0.524. The van der Waals surface area contributed by atoms with Crippen molar-refractivity contribution in [3.05, 3.63) is 36.7 Å². The molecular formula is C21H28N4O4. The first-order valence-electron chi connectivity index (χ1n) is 9.89. The zero-order chi connectivity index (χ0) is 20.9. The van der Waals surface area contributed by atoms with Gasteiger partial charge in [0.15, 0.2) is 0 Å². The second-order valence-corrected chi connectivity index (χ2v) is 8.26. The van der Waals surface area contributed by atoms with E-state index in [1.54, 1.807) is 29.8 Å². The monoisotopic (exact) mass is 400 g/mol. The zero-order valence-electron chi connectivity index (χ0n) is 17.2. The molecule has 2 amide bonds. The maximum atomic E-state index is 12.4. The van der Waals surface area contributed by atoms with E-state index in [0.29, 0.717) is 37.4 Å². The highest BCUT2D eigenvalue weighted by molar-refractivity contribution is 5.76. The van der Waals surface area contributed by atoms with Crippen LogP contribution in [0.5, 0.6) is 0 Å². The van der Waals surface area contributed by atoms with Crippen LogP contribution in [0.3, 0.4) is 0 Å². The maximum Gasteiger partial charge on any atom is 0.410 e. The van der Waals surface area contributed by atoms with E-state index in [-0.39, 0.29) is 17.9 Å². The van der Waals surface area contributed by atoms with E-state index in [1.807, 2.05) is 26.8 Å². The van der Waals surface area contributed by atoms with Crippen molar-refractivity contribution in [1.82, 2.24) is 20.2 Å².